The highest BCUT2D eigenvalue weighted by Crippen LogP contribution is 1.98. The molecule has 0 aromatic carbocycles. The van der Waals surface area contributed by atoms with Crippen molar-refractivity contribution in [1.29, 1.82) is 0 Å². The summed E-state index contributed by atoms with van der Waals surface area (Å²) in [5, 5.41) is 0. The molecule has 0 fully saturated rings. The van der Waals surface area contributed by atoms with Crippen molar-refractivity contribution in [2.45, 2.75) is 19.4 Å². The number of carbonyl (C=O) groups is 1. The van der Waals surface area contributed by atoms with E-state index in [9.17, 15) is 4.79 Å². The Labute approximate surface area is 64.2 Å². The molecule has 0 amide bonds. The van der Waals surface area contributed by atoms with Crippen molar-refractivity contribution in [1.82, 2.24) is 0 Å². The smallest absolute Gasteiger partial charge is 0.161 e. The number of carbonyl (C=O) groups excluding carboxylic acids is 1. The van der Waals surface area contributed by atoms with Gasteiger partial charge in [-0.25, -0.2) is 0 Å². The van der Waals surface area contributed by atoms with Crippen LogP contribution in [-0.2, 0) is 9.22 Å². The van der Waals surface area contributed by atoms with Crippen LogP contribution in [0.15, 0.2) is 12.2 Å². The van der Waals surface area contributed by atoms with Gasteiger partial charge < -0.3 is 4.43 Å². The highest BCUT2D eigenvalue weighted by molar-refractivity contribution is 6.27. The molecule has 2 nitrogen and oxygen atoms in total. The van der Waals surface area contributed by atoms with Gasteiger partial charge in [-0.15, -0.1) is 0 Å². The van der Waals surface area contributed by atoms with Crippen molar-refractivity contribution >= 4 is 15.5 Å². The summed E-state index contributed by atoms with van der Waals surface area (Å²) in [4.78, 5) is 10.9. The second-order valence-electron chi connectivity index (χ2n) is 2.30. The second kappa shape index (κ2) is 5.38. The van der Waals surface area contributed by atoms with E-state index in [0.29, 0.717) is 12.0 Å². The molecular weight excluding hydrogens is 144 g/mol. The summed E-state index contributed by atoms with van der Waals surface area (Å²) in [5.74, 6) is 0.171. The Bertz CT molecular complexity index is 132. The van der Waals surface area contributed by atoms with E-state index in [2.05, 4.69) is 6.58 Å². The molecular formula is C7H14O2Si. The molecule has 10 heavy (non-hydrogen) atoms. The van der Waals surface area contributed by atoms with Crippen LogP contribution in [0.5, 0.6) is 0 Å². The lowest BCUT2D eigenvalue weighted by Crippen LogP contribution is -2.01. The van der Waals surface area contributed by atoms with Gasteiger partial charge in [-0.3, -0.25) is 4.79 Å². The maximum atomic E-state index is 10.9. The predicted octanol–water partition coefficient (Wildman–Crippen LogP) is 0.670. The minimum Gasteiger partial charge on any atom is -0.427 e. The average molecular weight is 158 g/mol. The molecule has 0 aliphatic carbocycles. The molecule has 0 aromatic heterocycles. The molecule has 0 aromatic rings. The van der Waals surface area contributed by atoms with E-state index in [1.807, 2.05) is 0 Å². The molecule has 0 N–H and O–H groups in total. The number of Topliss-reactive ketones (excluding diaryl/α,β-unsaturated/α-hetero) is 1. The fourth-order valence-electron chi connectivity index (χ4n) is 0.590. The van der Waals surface area contributed by atoms with Crippen molar-refractivity contribution in [2.75, 3.05) is 7.11 Å². The first-order chi connectivity index (χ1) is 4.68. The SMILES string of the molecule is C=C(C)C(=O)CC[SiH2]OC. The van der Waals surface area contributed by atoms with E-state index in [4.69, 9.17) is 4.43 Å². The largest absolute Gasteiger partial charge is 0.427 e. The number of rotatable bonds is 5. The Balaban J connectivity index is 3.31. The topological polar surface area (TPSA) is 26.3 Å². The number of allylic oxidation sites excluding steroid dienone is 1. The molecule has 3 heteroatoms. The van der Waals surface area contributed by atoms with Crippen LogP contribution >= 0.6 is 0 Å². The molecule has 0 aliphatic rings. The lowest BCUT2D eigenvalue weighted by atomic mass is 10.2. The van der Waals surface area contributed by atoms with Gasteiger partial charge in [-0.1, -0.05) is 6.58 Å². The summed E-state index contributed by atoms with van der Waals surface area (Å²) in [6.07, 6.45) is 0.620. The summed E-state index contributed by atoms with van der Waals surface area (Å²) in [5.41, 5.74) is 0.658. The van der Waals surface area contributed by atoms with E-state index in [1.165, 1.54) is 0 Å². The molecule has 0 heterocycles. The molecule has 0 bridgehead atoms. The summed E-state index contributed by atoms with van der Waals surface area (Å²) >= 11 is 0. The highest BCUT2D eigenvalue weighted by atomic mass is 28.2. The molecule has 0 rings (SSSR count). The minimum atomic E-state index is -0.415. The summed E-state index contributed by atoms with van der Waals surface area (Å²) in [7, 11) is 1.28. The first kappa shape index (κ1) is 9.59. The van der Waals surface area contributed by atoms with Crippen molar-refractivity contribution in [3.63, 3.8) is 0 Å². The van der Waals surface area contributed by atoms with Gasteiger partial charge in [0, 0.05) is 13.5 Å². The Morgan fingerprint density at radius 1 is 1.70 bits per heavy atom. The lowest BCUT2D eigenvalue weighted by Gasteiger charge is -1.96. The van der Waals surface area contributed by atoms with E-state index in [-0.39, 0.29) is 5.78 Å². The Morgan fingerprint density at radius 3 is 2.70 bits per heavy atom. The predicted molar refractivity (Wildman–Crippen MR) is 44.8 cm³/mol. The van der Waals surface area contributed by atoms with Crippen molar-refractivity contribution in [2.24, 2.45) is 0 Å². The Kier molecular flexibility index (Phi) is 5.16. The standard InChI is InChI=1S/C7H14O2Si/c1-6(2)7(8)4-5-10-9-3/h1,4-5,10H2,2-3H3. The van der Waals surface area contributed by atoms with Gasteiger partial charge in [0.25, 0.3) is 0 Å². The highest BCUT2D eigenvalue weighted by Gasteiger charge is 2.00. The van der Waals surface area contributed by atoms with E-state index < -0.39 is 9.76 Å². The molecule has 0 aliphatic heterocycles. The van der Waals surface area contributed by atoms with E-state index in [1.54, 1.807) is 14.0 Å². The van der Waals surface area contributed by atoms with E-state index >= 15 is 0 Å². The number of ketones is 1. The number of hydrogen-bond acceptors (Lipinski definition) is 2. The van der Waals surface area contributed by atoms with Crippen LogP contribution in [0.25, 0.3) is 0 Å². The lowest BCUT2D eigenvalue weighted by molar-refractivity contribution is -0.115. The Morgan fingerprint density at radius 2 is 2.30 bits per heavy atom. The van der Waals surface area contributed by atoms with Gasteiger partial charge >= 0.3 is 0 Å². The van der Waals surface area contributed by atoms with Crippen LogP contribution in [0.4, 0.5) is 0 Å². The number of hydrogen-bond donors (Lipinski definition) is 0. The van der Waals surface area contributed by atoms with Gasteiger partial charge in [-0.2, -0.15) is 0 Å². The molecule has 0 radical (unpaired) electrons. The van der Waals surface area contributed by atoms with Gasteiger partial charge in [0.1, 0.15) is 0 Å². The van der Waals surface area contributed by atoms with Crippen LogP contribution in [0.3, 0.4) is 0 Å². The minimum absolute atomic E-state index is 0.171. The van der Waals surface area contributed by atoms with E-state index in [0.717, 1.165) is 6.04 Å². The average Bonchev–Trinajstić information content (AvgIpc) is 1.88. The molecule has 0 unspecified atom stereocenters. The molecule has 0 saturated heterocycles. The molecule has 58 valence electrons. The summed E-state index contributed by atoms with van der Waals surface area (Å²) in [6.45, 7) is 5.31. The van der Waals surface area contributed by atoms with Crippen LogP contribution in [-0.4, -0.2) is 22.7 Å². The zero-order chi connectivity index (χ0) is 7.98. The van der Waals surface area contributed by atoms with Gasteiger partial charge in [-0.05, 0) is 18.5 Å². The molecule has 0 atom stereocenters. The normalized spacial score (nSPS) is 10.6. The second-order valence-corrected chi connectivity index (χ2v) is 3.99. The van der Waals surface area contributed by atoms with Crippen molar-refractivity contribution < 1.29 is 9.22 Å². The zero-order valence-electron chi connectivity index (χ0n) is 6.64. The Hall–Kier alpha value is -0.413. The monoisotopic (exact) mass is 158 g/mol. The fourth-order valence-corrected chi connectivity index (χ4v) is 1.34. The van der Waals surface area contributed by atoms with Gasteiger partial charge in [0.2, 0.25) is 0 Å². The summed E-state index contributed by atoms with van der Waals surface area (Å²) < 4.78 is 4.93. The fraction of sp³-hybridized carbons (Fsp3) is 0.571. The third-order valence-corrected chi connectivity index (χ3v) is 2.28. The van der Waals surface area contributed by atoms with Crippen molar-refractivity contribution in [3.8, 4) is 0 Å². The third-order valence-electron chi connectivity index (χ3n) is 1.23. The van der Waals surface area contributed by atoms with Crippen molar-refractivity contribution in [3.05, 3.63) is 12.2 Å². The summed E-state index contributed by atoms with van der Waals surface area (Å²) in [6, 6.07) is 0.933. The van der Waals surface area contributed by atoms with Crippen LogP contribution in [0.1, 0.15) is 13.3 Å². The van der Waals surface area contributed by atoms with Crippen LogP contribution in [0, 0.1) is 0 Å². The van der Waals surface area contributed by atoms with Gasteiger partial charge in [0.05, 0.1) is 0 Å². The van der Waals surface area contributed by atoms with Crippen LogP contribution in [0.2, 0.25) is 6.04 Å². The maximum absolute atomic E-state index is 10.9. The first-order valence-corrected chi connectivity index (χ1v) is 4.94. The zero-order valence-corrected chi connectivity index (χ0v) is 8.06. The third kappa shape index (κ3) is 4.46. The molecule has 0 spiro atoms. The van der Waals surface area contributed by atoms with Gasteiger partial charge in [0.15, 0.2) is 15.5 Å². The van der Waals surface area contributed by atoms with Crippen LogP contribution < -0.4 is 0 Å². The molecule has 0 saturated carbocycles. The quantitative estimate of drug-likeness (QED) is 0.334. The first-order valence-electron chi connectivity index (χ1n) is 3.36. The maximum Gasteiger partial charge on any atom is 0.161 e.